The molecule has 6 rings (SSSR count). The van der Waals surface area contributed by atoms with Crippen LogP contribution in [0.15, 0.2) is 59.1 Å². The summed E-state index contributed by atoms with van der Waals surface area (Å²) in [4.78, 5) is 51.3. The molecular weight excluding hydrogens is 560 g/mol. The van der Waals surface area contributed by atoms with Crippen LogP contribution in [-0.2, 0) is 11.3 Å². The van der Waals surface area contributed by atoms with Crippen LogP contribution in [0.25, 0.3) is 27.4 Å². The summed E-state index contributed by atoms with van der Waals surface area (Å²) in [5.41, 5.74) is 2.96. The van der Waals surface area contributed by atoms with Gasteiger partial charge in [0.25, 0.3) is 11.1 Å². The fourth-order valence-electron chi connectivity index (χ4n) is 5.05. The number of fused-ring (bicyclic) bond motifs is 1. The number of imide groups is 1. The Labute approximate surface area is 243 Å². The van der Waals surface area contributed by atoms with E-state index in [0.717, 1.165) is 65.5 Å². The zero-order valence-electron chi connectivity index (χ0n) is 21.9. The number of thioether (sulfide) groups is 1. The minimum absolute atomic E-state index is 0.206. The van der Waals surface area contributed by atoms with E-state index in [1.54, 1.807) is 41.9 Å². The van der Waals surface area contributed by atoms with Gasteiger partial charge < -0.3 is 15.3 Å². The summed E-state index contributed by atoms with van der Waals surface area (Å²) >= 11 is 2.45. The van der Waals surface area contributed by atoms with Gasteiger partial charge in [0.2, 0.25) is 5.95 Å². The second kappa shape index (κ2) is 11.8. The molecule has 41 heavy (non-hydrogen) atoms. The van der Waals surface area contributed by atoms with Gasteiger partial charge in [-0.3, -0.25) is 19.9 Å². The lowest BCUT2D eigenvalue weighted by Gasteiger charge is -2.32. The molecule has 0 saturated carbocycles. The third kappa shape index (κ3) is 5.99. The normalized spacial score (nSPS) is 17.0. The van der Waals surface area contributed by atoms with Crippen LogP contribution in [0.2, 0.25) is 0 Å². The highest BCUT2D eigenvalue weighted by atomic mass is 32.2. The fraction of sp³-hybridized carbons (Fsp3) is 0.241. The Hall–Kier alpha value is -4.13. The van der Waals surface area contributed by atoms with Crippen LogP contribution in [0.5, 0.6) is 0 Å². The number of aromatic nitrogens is 3. The number of carboxylic acid groups (broad SMARTS) is 1. The Morgan fingerprint density at radius 3 is 2.78 bits per heavy atom. The maximum absolute atomic E-state index is 12.1. The summed E-state index contributed by atoms with van der Waals surface area (Å²) in [7, 11) is 0. The summed E-state index contributed by atoms with van der Waals surface area (Å²) in [6.07, 6.45) is 6.93. The van der Waals surface area contributed by atoms with Gasteiger partial charge in [-0.15, -0.1) is 11.3 Å². The largest absolute Gasteiger partial charge is 0.478 e. The zero-order valence-corrected chi connectivity index (χ0v) is 23.5. The summed E-state index contributed by atoms with van der Waals surface area (Å²) in [6, 6.07) is 11.4. The average Bonchev–Trinajstić information content (AvgIpc) is 3.55. The van der Waals surface area contributed by atoms with Crippen molar-refractivity contribution in [2.45, 2.75) is 19.4 Å². The lowest BCUT2D eigenvalue weighted by atomic mass is 9.97. The molecule has 2 fully saturated rings. The second-order valence-electron chi connectivity index (χ2n) is 9.89. The molecule has 2 aliphatic heterocycles. The van der Waals surface area contributed by atoms with Gasteiger partial charge in [0.05, 0.1) is 21.9 Å². The summed E-state index contributed by atoms with van der Waals surface area (Å²) in [6.45, 7) is 2.94. The van der Waals surface area contributed by atoms with Crippen LogP contribution in [0.3, 0.4) is 0 Å². The molecule has 12 heteroatoms. The third-order valence-corrected chi connectivity index (χ3v) is 8.93. The number of rotatable bonds is 8. The van der Waals surface area contributed by atoms with Gasteiger partial charge in [-0.2, -0.15) is 0 Å². The standard InChI is InChI=1S/C29H26N6O4S2/c36-26-24(41-29(39)34-26)12-19-5-8-31-28(33-19)35-9-6-17(7-10-35)13-30-14-18-11-21(27(37)38)25(32-15-18)22-16-40-23-4-2-1-3-20(22)23/h1-5,8,11-12,15-17,30H,6-7,9-10,13-14H2,(H,37,38)(H,34,36,39)/b24-12+. The first-order valence-electron chi connectivity index (χ1n) is 13.2. The number of pyridine rings is 1. The van der Waals surface area contributed by atoms with Crippen LogP contribution in [0, 0.1) is 5.92 Å². The Bertz CT molecular complexity index is 1680. The molecule has 2 amide bonds. The predicted octanol–water partition coefficient (Wildman–Crippen LogP) is 4.78. The number of hydrogen-bond acceptors (Lipinski definition) is 10. The molecule has 10 nitrogen and oxygen atoms in total. The number of thiophene rings is 1. The van der Waals surface area contributed by atoms with Crippen molar-refractivity contribution < 1.29 is 19.5 Å². The Kier molecular flexibility index (Phi) is 7.77. The van der Waals surface area contributed by atoms with Crippen molar-refractivity contribution in [3.63, 3.8) is 0 Å². The first-order valence-corrected chi connectivity index (χ1v) is 14.9. The number of carboxylic acids is 1. The number of carbonyl (C=O) groups is 3. The number of hydrogen-bond donors (Lipinski definition) is 3. The van der Waals surface area contributed by atoms with E-state index in [1.807, 2.05) is 29.6 Å². The van der Waals surface area contributed by atoms with Crippen molar-refractivity contribution in [2.75, 3.05) is 24.5 Å². The molecule has 3 N–H and O–H groups in total. The second-order valence-corrected chi connectivity index (χ2v) is 11.8. The topological polar surface area (TPSA) is 137 Å². The lowest BCUT2D eigenvalue weighted by molar-refractivity contribution is -0.115. The molecule has 0 aliphatic carbocycles. The molecule has 0 radical (unpaired) electrons. The zero-order chi connectivity index (χ0) is 28.3. The monoisotopic (exact) mass is 586 g/mol. The van der Waals surface area contributed by atoms with E-state index in [9.17, 15) is 19.5 Å². The fourth-order valence-corrected chi connectivity index (χ4v) is 6.66. The average molecular weight is 587 g/mol. The number of carbonyl (C=O) groups excluding carboxylic acids is 2. The highest BCUT2D eigenvalue weighted by molar-refractivity contribution is 8.18. The van der Waals surface area contributed by atoms with Crippen LogP contribution in [0.4, 0.5) is 10.7 Å². The van der Waals surface area contributed by atoms with Crippen molar-refractivity contribution in [3.05, 3.63) is 75.9 Å². The summed E-state index contributed by atoms with van der Waals surface area (Å²) < 4.78 is 1.10. The smallest absolute Gasteiger partial charge is 0.337 e. The van der Waals surface area contributed by atoms with Gasteiger partial charge in [0.15, 0.2) is 0 Å². The van der Waals surface area contributed by atoms with Gasteiger partial charge in [-0.25, -0.2) is 14.8 Å². The molecule has 2 aliphatic rings. The van der Waals surface area contributed by atoms with Crippen molar-refractivity contribution in [2.24, 2.45) is 5.92 Å². The molecule has 0 bridgehead atoms. The van der Waals surface area contributed by atoms with Gasteiger partial charge in [-0.1, -0.05) is 18.2 Å². The Morgan fingerprint density at radius 1 is 1.17 bits per heavy atom. The first-order chi connectivity index (χ1) is 19.9. The van der Waals surface area contributed by atoms with Crippen molar-refractivity contribution in [1.82, 2.24) is 25.6 Å². The summed E-state index contributed by atoms with van der Waals surface area (Å²) in [5, 5.41) is 18.2. The number of aromatic carboxylic acids is 1. The van der Waals surface area contributed by atoms with E-state index < -0.39 is 11.9 Å². The van der Waals surface area contributed by atoms with E-state index >= 15 is 0 Å². The first kappa shape index (κ1) is 27.1. The van der Waals surface area contributed by atoms with Crippen LogP contribution >= 0.6 is 23.1 Å². The van der Waals surface area contributed by atoms with E-state index in [1.165, 1.54) is 0 Å². The van der Waals surface area contributed by atoms with Gasteiger partial charge in [0.1, 0.15) is 0 Å². The molecule has 0 atom stereocenters. The number of nitrogens with one attached hydrogen (secondary N) is 2. The van der Waals surface area contributed by atoms with Crippen LogP contribution in [-0.4, -0.2) is 56.8 Å². The molecule has 0 unspecified atom stereocenters. The van der Waals surface area contributed by atoms with E-state index in [2.05, 4.69) is 30.5 Å². The van der Waals surface area contributed by atoms with E-state index in [4.69, 9.17) is 0 Å². The molecule has 3 aromatic heterocycles. The molecule has 2 saturated heterocycles. The van der Waals surface area contributed by atoms with Gasteiger partial charge in [0, 0.05) is 53.1 Å². The van der Waals surface area contributed by atoms with Crippen molar-refractivity contribution >= 4 is 62.3 Å². The highest BCUT2D eigenvalue weighted by Gasteiger charge is 2.26. The predicted molar refractivity (Wildman–Crippen MR) is 160 cm³/mol. The van der Waals surface area contributed by atoms with E-state index in [0.29, 0.717) is 34.7 Å². The lowest BCUT2D eigenvalue weighted by Crippen LogP contribution is -2.38. The van der Waals surface area contributed by atoms with Gasteiger partial charge in [-0.05, 0) is 66.9 Å². The molecule has 4 aromatic rings. The number of amides is 2. The number of benzene rings is 1. The number of piperidine rings is 1. The summed E-state index contributed by atoms with van der Waals surface area (Å²) in [5.74, 6) is -0.329. The maximum Gasteiger partial charge on any atom is 0.337 e. The maximum atomic E-state index is 12.1. The molecular formula is C29H26N6O4S2. The van der Waals surface area contributed by atoms with Gasteiger partial charge >= 0.3 is 5.97 Å². The third-order valence-electron chi connectivity index (χ3n) is 7.16. The Morgan fingerprint density at radius 2 is 2.00 bits per heavy atom. The quantitative estimate of drug-likeness (QED) is 0.247. The molecule has 208 valence electrons. The van der Waals surface area contributed by atoms with Crippen molar-refractivity contribution in [3.8, 4) is 11.3 Å². The number of anilines is 1. The highest BCUT2D eigenvalue weighted by Crippen LogP contribution is 2.35. The van der Waals surface area contributed by atoms with Crippen LogP contribution in [0.1, 0.15) is 34.5 Å². The molecule has 5 heterocycles. The molecule has 0 spiro atoms. The minimum Gasteiger partial charge on any atom is -0.478 e. The van der Waals surface area contributed by atoms with Crippen molar-refractivity contribution in [1.29, 1.82) is 0 Å². The molecule has 1 aromatic carbocycles. The Balaban J connectivity index is 1.04. The van der Waals surface area contributed by atoms with Crippen LogP contribution < -0.4 is 15.5 Å². The van der Waals surface area contributed by atoms with E-state index in [-0.39, 0.29) is 10.8 Å². The minimum atomic E-state index is -0.988. The SMILES string of the molecule is O=C1NC(=O)/C(=C\c2ccnc(N3CCC(CNCc4cnc(-c5csc6ccccc56)c(C(=O)O)c4)CC3)n2)S1. The number of nitrogens with zero attached hydrogens (tertiary/aromatic N) is 4.